The molecule has 3 rings (SSSR count). The van der Waals surface area contributed by atoms with Crippen molar-refractivity contribution in [3.63, 3.8) is 0 Å². The number of benzene rings is 2. The van der Waals surface area contributed by atoms with Crippen LogP contribution in [0, 0.1) is 17.7 Å². The van der Waals surface area contributed by atoms with Gasteiger partial charge in [0.25, 0.3) is 0 Å². The van der Waals surface area contributed by atoms with Gasteiger partial charge in [0.2, 0.25) is 15.9 Å². The van der Waals surface area contributed by atoms with E-state index in [0.717, 1.165) is 6.42 Å². The predicted molar refractivity (Wildman–Crippen MR) is 110 cm³/mol. The number of nitrogens with zero attached hydrogens (tertiary/aromatic N) is 1. The number of halogens is 1. The second-order valence-electron chi connectivity index (χ2n) is 7.88. The van der Waals surface area contributed by atoms with Crippen LogP contribution in [0.5, 0.6) is 0 Å². The summed E-state index contributed by atoms with van der Waals surface area (Å²) in [5, 5.41) is 2.93. The Bertz CT molecular complexity index is 948. The Hall–Kier alpha value is -2.25. The number of carbonyl (C=O) groups excluding carboxylic acids is 1. The van der Waals surface area contributed by atoms with Crippen LogP contribution in [0.4, 0.5) is 4.39 Å². The number of hydrogen-bond donors (Lipinski definition) is 1. The van der Waals surface area contributed by atoms with Gasteiger partial charge in [0.1, 0.15) is 5.82 Å². The van der Waals surface area contributed by atoms with Gasteiger partial charge >= 0.3 is 0 Å². The summed E-state index contributed by atoms with van der Waals surface area (Å²) < 4.78 is 41.3. The Labute approximate surface area is 172 Å². The van der Waals surface area contributed by atoms with Gasteiger partial charge in [-0.25, -0.2) is 12.8 Å². The molecule has 2 aromatic rings. The number of carbonyl (C=O) groups is 1. The molecule has 0 radical (unpaired) electrons. The van der Waals surface area contributed by atoms with Gasteiger partial charge in [-0.2, -0.15) is 4.31 Å². The maximum absolute atomic E-state index is 13.8. The summed E-state index contributed by atoms with van der Waals surface area (Å²) in [6, 6.07) is 14.3. The molecule has 2 aromatic carbocycles. The average Bonchev–Trinajstić information content (AvgIpc) is 3.15. The van der Waals surface area contributed by atoms with Crippen LogP contribution in [0.3, 0.4) is 0 Å². The molecule has 0 aliphatic carbocycles. The van der Waals surface area contributed by atoms with E-state index in [1.54, 1.807) is 42.5 Å². The lowest BCUT2D eigenvalue weighted by molar-refractivity contribution is -0.124. The second kappa shape index (κ2) is 9.05. The van der Waals surface area contributed by atoms with Crippen molar-refractivity contribution >= 4 is 15.9 Å². The van der Waals surface area contributed by atoms with Crippen molar-refractivity contribution in [3.8, 4) is 0 Å². The molecule has 0 aromatic heterocycles. The summed E-state index contributed by atoms with van der Waals surface area (Å²) in [4.78, 5) is 13.1. The summed E-state index contributed by atoms with van der Waals surface area (Å²) in [6.07, 6.45) is 0.842. The first-order chi connectivity index (χ1) is 13.8. The van der Waals surface area contributed by atoms with E-state index in [-0.39, 0.29) is 23.9 Å². The first-order valence-corrected chi connectivity index (χ1v) is 11.3. The van der Waals surface area contributed by atoms with Gasteiger partial charge in [0.15, 0.2) is 0 Å². The number of nitrogens with one attached hydrogen (secondary N) is 1. The molecule has 0 spiro atoms. The summed E-state index contributed by atoms with van der Waals surface area (Å²) in [5.41, 5.74) is 0.639. The lowest BCUT2D eigenvalue weighted by Crippen LogP contribution is -2.36. The summed E-state index contributed by atoms with van der Waals surface area (Å²) in [7, 11) is -3.73. The molecule has 1 saturated heterocycles. The van der Waals surface area contributed by atoms with Crippen molar-refractivity contribution in [1.29, 1.82) is 0 Å². The number of rotatable bonds is 7. The van der Waals surface area contributed by atoms with E-state index < -0.39 is 27.7 Å². The third-order valence-corrected chi connectivity index (χ3v) is 7.15. The fourth-order valence-electron chi connectivity index (χ4n) is 3.66. The van der Waals surface area contributed by atoms with E-state index in [0.29, 0.717) is 18.0 Å². The lowest BCUT2D eigenvalue weighted by Gasteiger charge is -2.18. The lowest BCUT2D eigenvalue weighted by atomic mass is 9.88. The van der Waals surface area contributed by atoms with E-state index in [2.05, 4.69) is 19.2 Å². The molecule has 0 saturated carbocycles. The van der Waals surface area contributed by atoms with Crippen molar-refractivity contribution in [3.05, 3.63) is 66.0 Å². The highest BCUT2D eigenvalue weighted by atomic mass is 32.2. The van der Waals surface area contributed by atoms with Gasteiger partial charge in [0, 0.05) is 25.6 Å². The summed E-state index contributed by atoms with van der Waals surface area (Å²) >= 11 is 0. The van der Waals surface area contributed by atoms with Gasteiger partial charge in [0.05, 0.1) is 10.8 Å². The first-order valence-electron chi connectivity index (χ1n) is 9.87. The largest absolute Gasteiger partial charge is 0.356 e. The van der Waals surface area contributed by atoms with E-state index in [1.807, 2.05) is 0 Å². The smallest absolute Gasteiger partial charge is 0.243 e. The molecule has 1 amide bonds. The van der Waals surface area contributed by atoms with E-state index >= 15 is 0 Å². The van der Waals surface area contributed by atoms with E-state index in [1.165, 1.54) is 16.4 Å². The maximum atomic E-state index is 13.8. The van der Waals surface area contributed by atoms with Crippen LogP contribution < -0.4 is 5.32 Å². The zero-order chi connectivity index (χ0) is 21.0. The molecule has 29 heavy (non-hydrogen) atoms. The quantitative estimate of drug-likeness (QED) is 0.750. The van der Waals surface area contributed by atoms with Gasteiger partial charge in [-0.15, -0.1) is 0 Å². The standard InChI is InChI=1S/C22H27FN2O3S/c1-16(2)11-12-24-22(26)21-15-25(29(27,28)19-9-4-3-5-10-19)14-20(21)17-7-6-8-18(23)13-17/h3-10,13,16,20-21H,11-12,14-15H2,1-2H3,(H,24,26). The Morgan fingerprint density at radius 3 is 2.52 bits per heavy atom. The van der Waals surface area contributed by atoms with Gasteiger partial charge in [-0.05, 0) is 42.2 Å². The molecular formula is C22H27FN2O3S. The molecule has 1 heterocycles. The zero-order valence-corrected chi connectivity index (χ0v) is 17.5. The number of hydrogen-bond acceptors (Lipinski definition) is 3. The van der Waals surface area contributed by atoms with E-state index in [9.17, 15) is 17.6 Å². The molecule has 0 bridgehead atoms. The fourth-order valence-corrected chi connectivity index (χ4v) is 5.17. The molecule has 1 aliphatic rings. The minimum absolute atomic E-state index is 0.0753. The van der Waals surface area contributed by atoms with Crippen molar-refractivity contribution in [2.75, 3.05) is 19.6 Å². The van der Waals surface area contributed by atoms with Crippen molar-refractivity contribution in [2.45, 2.75) is 31.1 Å². The normalized spacial score (nSPS) is 20.1. The van der Waals surface area contributed by atoms with Crippen LogP contribution in [0.25, 0.3) is 0 Å². The first kappa shape index (κ1) is 21.5. The molecule has 1 fully saturated rings. The van der Waals surface area contributed by atoms with Crippen LogP contribution in [0.1, 0.15) is 31.7 Å². The fraction of sp³-hybridized carbons (Fsp3) is 0.409. The molecular weight excluding hydrogens is 391 g/mol. The van der Waals surface area contributed by atoms with Crippen LogP contribution in [-0.2, 0) is 14.8 Å². The third-order valence-electron chi connectivity index (χ3n) is 5.30. The summed E-state index contributed by atoms with van der Waals surface area (Å²) in [5.74, 6) is -1.10. The van der Waals surface area contributed by atoms with Crippen LogP contribution >= 0.6 is 0 Å². The highest BCUT2D eigenvalue weighted by Crippen LogP contribution is 2.36. The minimum atomic E-state index is -3.73. The van der Waals surface area contributed by atoms with Crippen molar-refractivity contribution in [2.24, 2.45) is 11.8 Å². The highest BCUT2D eigenvalue weighted by Gasteiger charge is 2.43. The highest BCUT2D eigenvalue weighted by molar-refractivity contribution is 7.89. The number of sulfonamides is 1. The van der Waals surface area contributed by atoms with Gasteiger partial charge in [-0.3, -0.25) is 4.79 Å². The third kappa shape index (κ3) is 5.03. The molecule has 1 N–H and O–H groups in total. The minimum Gasteiger partial charge on any atom is -0.356 e. The van der Waals surface area contributed by atoms with Crippen LogP contribution in [0.15, 0.2) is 59.5 Å². The maximum Gasteiger partial charge on any atom is 0.243 e. The Morgan fingerprint density at radius 2 is 1.86 bits per heavy atom. The predicted octanol–water partition coefficient (Wildman–Crippen LogP) is 3.39. The van der Waals surface area contributed by atoms with Crippen LogP contribution in [-0.4, -0.2) is 38.3 Å². The van der Waals surface area contributed by atoms with Gasteiger partial charge in [-0.1, -0.05) is 44.2 Å². The molecule has 5 nitrogen and oxygen atoms in total. The Balaban J connectivity index is 1.87. The monoisotopic (exact) mass is 418 g/mol. The molecule has 2 atom stereocenters. The summed E-state index contributed by atoms with van der Waals surface area (Å²) in [6.45, 7) is 4.90. The SMILES string of the molecule is CC(C)CCNC(=O)C1CN(S(=O)(=O)c2ccccc2)CC1c1cccc(F)c1. The average molecular weight is 419 g/mol. The number of amides is 1. The molecule has 2 unspecified atom stereocenters. The zero-order valence-electron chi connectivity index (χ0n) is 16.7. The second-order valence-corrected chi connectivity index (χ2v) is 9.81. The van der Waals surface area contributed by atoms with Crippen molar-refractivity contribution < 1.29 is 17.6 Å². The molecule has 156 valence electrons. The Kier molecular flexibility index (Phi) is 6.70. The van der Waals surface area contributed by atoms with Gasteiger partial charge < -0.3 is 5.32 Å². The molecule has 7 heteroatoms. The van der Waals surface area contributed by atoms with Crippen LogP contribution in [0.2, 0.25) is 0 Å². The van der Waals surface area contributed by atoms with E-state index in [4.69, 9.17) is 0 Å². The Morgan fingerprint density at radius 1 is 1.14 bits per heavy atom. The molecule has 1 aliphatic heterocycles. The topological polar surface area (TPSA) is 66.5 Å². The van der Waals surface area contributed by atoms with Crippen molar-refractivity contribution in [1.82, 2.24) is 9.62 Å².